The molecular formula is C15H12BrFN2O2. The van der Waals surface area contributed by atoms with Crippen LogP contribution in [0.25, 0.3) is 0 Å². The molecule has 0 aliphatic carbocycles. The lowest BCUT2D eigenvalue weighted by atomic mass is 10.1. The van der Waals surface area contributed by atoms with Crippen LogP contribution >= 0.6 is 15.9 Å². The van der Waals surface area contributed by atoms with Crippen LogP contribution in [0.3, 0.4) is 0 Å². The van der Waals surface area contributed by atoms with Crippen molar-refractivity contribution in [2.45, 2.75) is 6.42 Å². The van der Waals surface area contributed by atoms with Crippen LogP contribution < -0.4 is 10.9 Å². The molecular weight excluding hydrogens is 339 g/mol. The minimum Gasteiger partial charge on any atom is -0.273 e. The molecule has 0 heterocycles. The van der Waals surface area contributed by atoms with E-state index in [1.807, 2.05) is 0 Å². The number of halogens is 2. The molecule has 0 unspecified atom stereocenters. The van der Waals surface area contributed by atoms with Gasteiger partial charge in [-0.2, -0.15) is 0 Å². The zero-order valence-electron chi connectivity index (χ0n) is 10.9. The van der Waals surface area contributed by atoms with E-state index in [1.54, 1.807) is 24.3 Å². The number of rotatable bonds is 3. The molecule has 2 aromatic carbocycles. The number of carbonyl (C=O) groups excluding carboxylic acids is 2. The molecule has 108 valence electrons. The summed E-state index contributed by atoms with van der Waals surface area (Å²) in [7, 11) is 0. The first-order chi connectivity index (χ1) is 10.0. The Morgan fingerprint density at radius 2 is 1.76 bits per heavy atom. The van der Waals surface area contributed by atoms with Gasteiger partial charge in [-0.05, 0) is 35.9 Å². The Morgan fingerprint density at radius 1 is 1.05 bits per heavy atom. The van der Waals surface area contributed by atoms with Crippen molar-refractivity contribution in [1.29, 1.82) is 0 Å². The molecule has 0 saturated heterocycles. The van der Waals surface area contributed by atoms with Gasteiger partial charge < -0.3 is 0 Å². The van der Waals surface area contributed by atoms with Crippen molar-refractivity contribution in [3.63, 3.8) is 0 Å². The van der Waals surface area contributed by atoms with Gasteiger partial charge in [0, 0.05) is 10.0 Å². The molecule has 2 amide bonds. The maximum atomic E-state index is 12.7. The average molecular weight is 351 g/mol. The van der Waals surface area contributed by atoms with Gasteiger partial charge in [-0.25, -0.2) is 4.39 Å². The van der Waals surface area contributed by atoms with Gasteiger partial charge in [0.05, 0.1) is 6.42 Å². The fourth-order valence-electron chi connectivity index (χ4n) is 1.66. The number of benzene rings is 2. The van der Waals surface area contributed by atoms with Crippen molar-refractivity contribution in [1.82, 2.24) is 10.9 Å². The topological polar surface area (TPSA) is 58.2 Å². The number of amides is 2. The molecule has 0 aromatic heterocycles. The van der Waals surface area contributed by atoms with Gasteiger partial charge in [0.25, 0.3) is 5.91 Å². The van der Waals surface area contributed by atoms with E-state index in [1.165, 1.54) is 24.3 Å². The molecule has 6 heteroatoms. The summed E-state index contributed by atoms with van der Waals surface area (Å²) in [4.78, 5) is 23.5. The molecule has 2 aromatic rings. The molecule has 0 spiro atoms. The minimum absolute atomic E-state index is 0.0546. The molecule has 0 radical (unpaired) electrons. The molecule has 0 atom stereocenters. The predicted octanol–water partition coefficient (Wildman–Crippen LogP) is 2.59. The van der Waals surface area contributed by atoms with Gasteiger partial charge >= 0.3 is 0 Å². The number of nitrogens with one attached hydrogen (secondary N) is 2. The minimum atomic E-state index is -0.413. The largest absolute Gasteiger partial charge is 0.273 e. The zero-order valence-corrected chi connectivity index (χ0v) is 12.5. The number of hydrogen-bond donors (Lipinski definition) is 2. The quantitative estimate of drug-likeness (QED) is 0.836. The highest BCUT2D eigenvalue weighted by Crippen LogP contribution is 2.11. The fraction of sp³-hybridized carbons (Fsp3) is 0.0667. The van der Waals surface area contributed by atoms with Crippen LogP contribution in [0.15, 0.2) is 53.0 Å². The fourth-order valence-corrected chi connectivity index (χ4v) is 2.06. The third kappa shape index (κ3) is 4.68. The zero-order chi connectivity index (χ0) is 15.2. The molecule has 0 aliphatic heterocycles. The highest BCUT2D eigenvalue weighted by molar-refractivity contribution is 9.10. The highest BCUT2D eigenvalue weighted by Gasteiger charge is 2.08. The molecule has 0 bridgehead atoms. The van der Waals surface area contributed by atoms with Crippen LogP contribution in [-0.2, 0) is 11.2 Å². The lowest BCUT2D eigenvalue weighted by molar-refractivity contribution is -0.121. The molecule has 0 fully saturated rings. The third-order valence-corrected chi connectivity index (χ3v) is 3.17. The molecule has 21 heavy (non-hydrogen) atoms. The van der Waals surface area contributed by atoms with Crippen molar-refractivity contribution in [2.75, 3.05) is 0 Å². The summed E-state index contributed by atoms with van der Waals surface area (Å²) in [6.45, 7) is 0. The monoisotopic (exact) mass is 350 g/mol. The van der Waals surface area contributed by atoms with E-state index in [0.717, 1.165) is 4.47 Å². The van der Waals surface area contributed by atoms with Crippen LogP contribution in [0, 0.1) is 5.82 Å². The standard InChI is InChI=1S/C15H12BrFN2O2/c16-12-3-1-2-11(9-12)15(21)19-18-14(20)8-10-4-6-13(17)7-5-10/h1-7,9H,8H2,(H,18,20)(H,19,21). The number of carbonyl (C=O) groups is 2. The lowest BCUT2D eigenvalue weighted by Crippen LogP contribution is -2.42. The van der Waals surface area contributed by atoms with Gasteiger partial charge in [0.2, 0.25) is 5.91 Å². The Balaban J connectivity index is 1.86. The van der Waals surface area contributed by atoms with E-state index >= 15 is 0 Å². The summed E-state index contributed by atoms with van der Waals surface area (Å²) in [5.41, 5.74) is 5.72. The Bertz CT molecular complexity index is 659. The van der Waals surface area contributed by atoms with Crippen LogP contribution in [0.5, 0.6) is 0 Å². The van der Waals surface area contributed by atoms with Gasteiger partial charge in [-0.3, -0.25) is 20.4 Å². The van der Waals surface area contributed by atoms with Crippen molar-refractivity contribution < 1.29 is 14.0 Å². The molecule has 0 aliphatic rings. The van der Waals surface area contributed by atoms with Crippen LogP contribution in [-0.4, -0.2) is 11.8 Å². The molecule has 2 rings (SSSR count). The molecule has 0 saturated carbocycles. The van der Waals surface area contributed by atoms with Crippen LogP contribution in [0.2, 0.25) is 0 Å². The Hall–Kier alpha value is -2.21. The van der Waals surface area contributed by atoms with E-state index in [4.69, 9.17) is 0 Å². The third-order valence-electron chi connectivity index (χ3n) is 2.68. The van der Waals surface area contributed by atoms with Crippen molar-refractivity contribution in [2.24, 2.45) is 0 Å². The Kier molecular flexibility index (Phi) is 5.05. The smallest absolute Gasteiger partial charge is 0.269 e. The summed E-state index contributed by atoms with van der Waals surface area (Å²) in [5.74, 6) is -1.16. The number of hydrazine groups is 1. The first kappa shape index (κ1) is 15.2. The van der Waals surface area contributed by atoms with Gasteiger partial charge in [0.15, 0.2) is 0 Å². The second-order valence-corrected chi connectivity index (χ2v) is 5.23. The Labute approximate surface area is 129 Å². The molecule has 4 nitrogen and oxygen atoms in total. The highest BCUT2D eigenvalue weighted by atomic mass is 79.9. The van der Waals surface area contributed by atoms with E-state index in [9.17, 15) is 14.0 Å². The second-order valence-electron chi connectivity index (χ2n) is 4.32. The van der Waals surface area contributed by atoms with E-state index in [2.05, 4.69) is 26.8 Å². The number of hydrogen-bond acceptors (Lipinski definition) is 2. The van der Waals surface area contributed by atoms with Gasteiger partial charge in [0.1, 0.15) is 5.82 Å². The van der Waals surface area contributed by atoms with E-state index in [0.29, 0.717) is 11.1 Å². The van der Waals surface area contributed by atoms with Crippen molar-refractivity contribution in [3.8, 4) is 0 Å². The average Bonchev–Trinajstić information content (AvgIpc) is 2.47. The van der Waals surface area contributed by atoms with Crippen molar-refractivity contribution >= 4 is 27.7 Å². The van der Waals surface area contributed by atoms with Crippen molar-refractivity contribution in [3.05, 3.63) is 69.9 Å². The Morgan fingerprint density at radius 3 is 2.43 bits per heavy atom. The SMILES string of the molecule is O=C(Cc1ccc(F)cc1)NNC(=O)c1cccc(Br)c1. The maximum absolute atomic E-state index is 12.7. The summed E-state index contributed by atoms with van der Waals surface area (Å²) in [6.07, 6.45) is 0.0546. The van der Waals surface area contributed by atoms with E-state index in [-0.39, 0.29) is 18.1 Å². The summed E-state index contributed by atoms with van der Waals surface area (Å²) >= 11 is 3.26. The van der Waals surface area contributed by atoms with Gasteiger partial charge in [-0.1, -0.05) is 34.1 Å². The molecule has 2 N–H and O–H groups in total. The second kappa shape index (κ2) is 6.99. The maximum Gasteiger partial charge on any atom is 0.269 e. The summed E-state index contributed by atoms with van der Waals surface area (Å²) < 4.78 is 13.5. The normalized spacial score (nSPS) is 10.0. The van der Waals surface area contributed by atoms with Crippen LogP contribution in [0.4, 0.5) is 4.39 Å². The predicted molar refractivity (Wildman–Crippen MR) is 79.9 cm³/mol. The first-order valence-corrected chi connectivity index (χ1v) is 6.93. The summed E-state index contributed by atoms with van der Waals surface area (Å²) in [5, 5.41) is 0. The van der Waals surface area contributed by atoms with Gasteiger partial charge in [-0.15, -0.1) is 0 Å². The van der Waals surface area contributed by atoms with Crippen LogP contribution in [0.1, 0.15) is 15.9 Å². The first-order valence-electron chi connectivity index (χ1n) is 6.14. The van der Waals surface area contributed by atoms with E-state index < -0.39 is 5.91 Å². The lowest BCUT2D eigenvalue weighted by Gasteiger charge is -2.07. The summed E-state index contributed by atoms with van der Waals surface area (Å²) in [6, 6.07) is 12.4.